The molecule has 1 fully saturated rings. The van der Waals surface area contributed by atoms with Crippen molar-refractivity contribution in [2.24, 2.45) is 0 Å². The molecule has 1 heterocycles. The Kier molecular flexibility index (Phi) is 2.77. The number of halogens is 1. The van der Waals surface area contributed by atoms with Crippen LogP contribution < -0.4 is 5.73 Å². The van der Waals surface area contributed by atoms with Crippen molar-refractivity contribution in [2.45, 2.75) is 24.1 Å². The summed E-state index contributed by atoms with van der Waals surface area (Å²) < 4.78 is 3.77. The molecule has 17 heavy (non-hydrogen) atoms. The van der Waals surface area contributed by atoms with Crippen molar-refractivity contribution in [3.05, 3.63) is 21.8 Å². The zero-order valence-corrected chi connectivity index (χ0v) is 12.6. The van der Waals surface area contributed by atoms with Gasteiger partial charge in [0.1, 0.15) is 0 Å². The average Bonchev–Trinajstić information content (AvgIpc) is 3.01. The van der Waals surface area contributed by atoms with Gasteiger partial charge < -0.3 is 10.3 Å². The minimum Gasteiger partial charge on any atom is -0.369 e. The number of aromatic nitrogens is 2. The summed E-state index contributed by atoms with van der Waals surface area (Å²) in [5.74, 6) is 0.641. The molecule has 3 nitrogen and oxygen atoms in total. The molecule has 1 aromatic heterocycles. The number of hydrogen-bond acceptors (Lipinski definition) is 3. The maximum atomic E-state index is 6.03. The highest BCUT2D eigenvalue weighted by atomic mass is 127. The van der Waals surface area contributed by atoms with Crippen molar-refractivity contribution in [1.82, 2.24) is 9.55 Å². The third-order valence-electron chi connectivity index (χ3n) is 3.43. The summed E-state index contributed by atoms with van der Waals surface area (Å²) in [5, 5.41) is 0. The minimum absolute atomic E-state index is 0.407. The first-order valence-electron chi connectivity index (χ1n) is 5.60. The van der Waals surface area contributed by atoms with Crippen LogP contribution in [0.1, 0.15) is 12.8 Å². The van der Waals surface area contributed by atoms with Gasteiger partial charge in [0.2, 0.25) is 5.95 Å². The molecule has 0 amide bonds. The van der Waals surface area contributed by atoms with Gasteiger partial charge in [0, 0.05) is 14.9 Å². The van der Waals surface area contributed by atoms with Crippen LogP contribution in [-0.2, 0) is 6.54 Å². The lowest BCUT2D eigenvalue weighted by Gasteiger charge is -2.14. The summed E-state index contributed by atoms with van der Waals surface area (Å²) in [5.41, 5.74) is 8.19. The smallest absolute Gasteiger partial charge is 0.201 e. The molecule has 0 unspecified atom stereocenters. The van der Waals surface area contributed by atoms with Crippen molar-refractivity contribution in [3.63, 3.8) is 0 Å². The van der Waals surface area contributed by atoms with Crippen molar-refractivity contribution in [3.8, 4) is 0 Å². The van der Waals surface area contributed by atoms with Gasteiger partial charge in [-0.25, -0.2) is 4.98 Å². The molecule has 3 rings (SSSR count). The Balaban J connectivity index is 2.06. The van der Waals surface area contributed by atoms with Crippen LogP contribution >= 0.6 is 34.4 Å². The minimum atomic E-state index is 0.407. The van der Waals surface area contributed by atoms with E-state index in [-0.39, 0.29) is 0 Å². The van der Waals surface area contributed by atoms with Gasteiger partial charge in [0.15, 0.2) is 0 Å². The molecule has 90 valence electrons. The van der Waals surface area contributed by atoms with Crippen LogP contribution in [0, 0.1) is 3.57 Å². The Labute approximate surface area is 118 Å². The fourth-order valence-corrected chi connectivity index (χ4v) is 3.39. The van der Waals surface area contributed by atoms with Crippen molar-refractivity contribution < 1.29 is 0 Å². The van der Waals surface area contributed by atoms with E-state index in [0.717, 1.165) is 17.6 Å². The van der Waals surface area contributed by atoms with Crippen LogP contribution in [0.5, 0.6) is 0 Å². The SMILES string of the molecule is CSC1(Cn2c(N)nc3cc(I)ccc32)CC1. The Hall–Kier alpha value is -0.430. The molecule has 0 spiro atoms. The topological polar surface area (TPSA) is 43.8 Å². The molecule has 0 aliphatic heterocycles. The third-order valence-corrected chi connectivity index (χ3v) is 5.50. The van der Waals surface area contributed by atoms with Crippen molar-refractivity contribution >= 4 is 51.3 Å². The van der Waals surface area contributed by atoms with Crippen LogP contribution in [0.3, 0.4) is 0 Å². The highest BCUT2D eigenvalue weighted by Crippen LogP contribution is 2.49. The van der Waals surface area contributed by atoms with Crippen molar-refractivity contribution in [2.75, 3.05) is 12.0 Å². The molecular weight excluding hydrogens is 345 g/mol. The predicted molar refractivity (Wildman–Crippen MR) is 82.3 cm³/mol. The first-order valence-corrected chi connectivity index (χ1v) is 7.90. The molecule has 1 aliphatic rings. The maximum Gasteiger partial charge on any atom is 0.201 e. The first kappa shape index (κ1) is 11.6. The maximum absolute atomic E-state index is 6.03. The number of benzene rings is 1. The van der Waals surface area contributed by atoms with Crippen LogP contribution in [-0.4, -0.2) is 20.6 Å². The largest absolute Gasteiger partial charge is 0.369 e. The van der Waals surface area contributed by atoms with Gasteiger partial charge >= 0.3 is 0 Å². The Morgan fingerprint density at radius 2 is 2.29 bits per heavy atom. The van der Waals surface area contributed by atoms with E-state index in [1.807, 2.05) is 11.8 Å². The second kappa shape index (κ2) is 4.05. The number of anilines is 1. The molecular formula is C12H14IN3S. The van der Waals surface area contributed by atoms with Gasteiger partial charge in [-0.05, 0) is 59.9 Å². The second-order valence-electron chi connectivity index (χ2n) is 4.58. The van der Waals surface area contributed by atoms with Gasteiger partial charge in [-0.15, -0.1) is 0 Å². The summed E-state index contributed by atoms with van der Waals surface area (Å²) in [4.78, 5) is 4.45. The highest BCUT2D eigenvalue weighted by molar-refractivity contribution is 14.1. The standard InChI is InChI=1S/C12H14IN3S/c1-17-12(4-5-12)7-16-10-3-2-8(13)6-9(10)15-11(16)14/h2-3,6H,4-5,7H2,1H3,(H2,14,15). The number of fused-ring (bicyclic) bond motifs is 1. The third kappa shape index (κ3) is 2.03. The summed E-state index contributed by atoms with van der Waals surface area (Å²) in [6.07, 6.45) is 4.76. The summed E-state index contributed by atoms with van der Waals surface area (Å²) in [7, 11) is 0. The Bertz CT molecular complexity index is 574. The zero-order valence-electron chi connectivity index (χ0n) is 9.61. The Morgan fingerprint density at radius 1 is 1.53 bits per heavy atom. The van der Waals surface area contributed by atoms with E-state index in [2.05, 4.69) is 56.6 Å². The van der Waals surface area contributed by atoms with Crippen LogP contribution in [0.15, 0.2) is 18.2 Å². The molecule has 1 aromatic carbocycles. The molecule has 0 bridgehead atoms. The number of thioether (sulfide) groups is 1. The first-order chi connectivity index (χ1) is 8.13. The van der Waals surface area contributed by atoms with Crippen LogP contribution in [0.25, 0.3) is 11.0 Å². The summed E-state index contributed by atoms with van der Waals surface area (Å²) in [6, 6.07) is 6.32. The normalized spacial score (nSPS) is 17.5. The fourth-order valence-electron chi connectivity index (χ4n) is 2.14. The molecule has 5 heteroatoms. The van der Waals surface area contributed by atoms with Gasteiger partial charge in [-0.1, -0.05) is 0 Å². The second-order valence-corrected chi connectivity index (χ2v) is 7.10. The number of hydrogen-bond donors (Lipinski definition) is 1. The van der Waals surface area contributed by atoms with E-state index in [0.29, 0.717) is 10.7 Å². The van der Waals surface area contributed by atoms with Gasteiger partial charge in [0.05, 0.1) is 11.0 Å². The van der Waals surface area contributed by atoms with E-state index >= 15 is 0 Å². The lowest BCUT2D eigenvalue weighted by molar-refractivity contribution is 0.687. The lowest BCUT2D eigenvalue weighted by atomic mass is 10.3. The van der Waals surface area contributed by atoms with E-state index in [1.165, 1.54) is 16.4 Å². The molecule has 1 aliphatic carbocycles. The molecule has 1 saturated carbocycles. The number of nitrogens with zero attached hydrogens (tertiary/aromatic N) is 2. The number of nitrogens with two attached hydrogens (primary N) is 1. The number of nitrogen functional groups attached to an aromatic ring is 1. The lowest BCUT2D eigenvalue weighted by Crippen LogP contribution is -2.15. The number of rotatable bonds is 3. The van der Waals surface area contributed by atoms with Gasteiger partial charge in [-0.3, -0.25) is 0 Å². The fraction of sp³-hybridized carbons (Fsp3) is 0.417. The molecule has 2 N–H and O–H groups in total. The summed E-state index contributed by atoms with van der Waals surface area (Å²) in [6.45, 7) is 0.983. The number of imidazole rings is 1. The quantitative estimate of drug-likeness (QED) is 0.857. The monoisotopic (exact) mass is 359 g/mol. The van der Waals surface area contributed by atoms with Crippen LogP contribution in [0.2, 0.25) is 0 Å². The zero-order chi connectivity index (χ0) is 12.0. The Morgan fingerprint density at radius 3 is 2.94 bits per heavy atom. The molecule has 2 aromatic rings. The van der Waals surface area contributed by atoms with Crippen molar-refractivity contribution in [1.29, 1.82) is 0 Å². The predicted octanol–water partition coefficient (Wildman–Crippen LogP) is 3.12. The highest BCUT2D eigenvalue weighted by Gasteiger charge is 2.42. The average molecular weight is 359 g/mol. The van der Waals surface area contributed by atoms with E-state index in [9.17, 15) is 0 Å². The molecule has 0 radical (unpaired) electrons. The van der Waals surface area contributed by atoms with Gasteiger partial charge in [0.25, 0.3) is 0 Å². The van der Waals surface area contributed by atoms with E-state index < -0.39 is 0 Å². The van der Waals surface area contributed by atoms with E-state index in [4.69, 9.17) is 5.73 Å². The summed E-state index contributed by atoms with van der Waals surface area (Å²) >= 11 is 4.25. The van der Waals surface area contributed by atoms with Crippen LogP contribution in [0.4, 0.5) is 5.95 Å². The van der Waals surface area contributed by atoms with Gasteiger partial charge in [-0.2, -0.15) is 11.8 Å². The molecule has 0 saturated heterocycles. The van der Waals surface area contributed by atoms with E-state index in [1.54, 1.807) is 0 Å². The molecule has 0 atom stereocenters.